The number of hydrogen-bond donors (Lipinski definition) is 1. The summed E-state index contributed by atoms with van der Waals surface area (Å²) in [5, 5.41) is 15.1. The zero-order chi connectivity index (χ0) is 18.2. The largest absolute Gasteiger partial charge is 0.422 e. The number of benzene rings is 1. The average molecular weight is 366 g/mol. The highest BCUT2D eigenvalue weighted by atomic mass is 16.5. The van der Waals surface area contributed by atoms with Crippen molar-refractivity contribution < 1.29 is 18.5 Å². The molecule has 3 aromatic rings. The third-order valence-electron chi connectivity index (χ3n) is 5.06. The van der Waals surface area contributed by atoms with Gasteiger partial charge in [-0.3, -0.25) is 4.79 Å². The van der Waals surface area contributed by atoms with Gasteiger partial charge in [0, 0.05) is 30.0 Å². The first-order chi connectivity index (χ1) is 13.3. The van der Waals surface area contributed by atoms with Crippen LogP contribution in [0.2, 0.25) is 0 Å². The summed E-state index contributed by atoms with van der Waals surface area (Å²) in [6, 6.07) is 11.3. The summed E-state index contributed by atoms with van der Waals surface area (Å²) in [6.07, 6.45) is 2.40. The van der Waals surface area contributed by atoms with E-state index >= 15 is 0 Å². The molecule has 1 saturated carbocycles. The van der Waals surface area contributed by atoms with Crippen LogP contribution in [-0.2, 0) is 4.74 Å². The van der Waals surface area contributed by atoms with E-state index in [1.165, 1.54) is 0 Å². The number of carbonyl (C=O) groups excluding carboxylic acids is 1. The lowest BCUT2D eigenvalue weighted by Crippen LogP contribution is -2.43. The van der Waals surface area contributed by atoms with E-state index in [0.717, 1.165) is 31.4 Å². The summed E-state index contributed by atoms with van der Waals surface area (Å²) >= 11 is 0. The molecular formula is C19H18N4O4. The molecule has 1 saturated heterocycles. The Kier molecular flexibility index (Phi) is 3.97. The summed E-state index contributed by atoms with van der Waals surface area (Å²) in [6.45, 7) is 0.744. The Balaban J connectivity index is 1.16. The summed E-state index contributed by atoms with van der Waals surface area (Å²) in [4.78, 5) is 12.4. The average Bonchev–Trinajstić information content (AvgIpc) is 3.27. The van der Waals surface area contributed by atoms with Crippen LogP contribution in [0.3, 0.4) is 0 Å². The standard InChI is InChI=1S/C19H18N4O4/c24-17(16-10-14(23-27-16)11-4-2-1-3-5-11)20-13-8-12(9-13)18-21-22-19(26-18)15-6-7-25-15/h1-5,10,12-13,15H,6-9H2,(H,20,24)/t12-,13-,15?. The topological polar surface area (TPSA) is 103 Å². The van der Waals surface area contributed by atoms with Crippen LogP contribution in [0.5, 0.6) is 0 Å². The first-order valence-electron chi connectivity index (χ1n) is 9.04. The number of aromatic nitrogens is 3. The molecule has 1 unspecified atom stereocenters. The zero-order valence-electron chi connectivity index (χ0n) is 14.5. The van der Waals surface area contributed by atoms with Gasteiger partial charge in [0.15, 0.2) is 0 Å². The molecule has 5 rings (SSSR count). The van der Waals surface area contributed by atoms with Crippen LogP contribution >= 0.6 is 0 Å². The fourth-order valence-electron chi connectivity index (χ4n) is 3.29. The number of amides is 1. The Bertz CT molecular complexity index is 942. The Hall–Kier alpha value is -3.00. The van der Waals surface area contributed by atoms with Crippen LogP contribution in [-0.4, -0.2) is 33.9 Å². The van der Waals surface area contributed by atoms with Crippen molar-refractivity contribution in [2.24, 2.45) is 0 Å². The molecule has 1 aromatic carbocycles. The second-order valence-corrected chi connectivity index (χ2v) is 6.91. The molecule has 1 amide bonds. The SMILES string of the molecule is O=C(N[C@H]1C[C@H](c2nnc(C3CCO3)o2)C1)c1cc(-c2ccccc2)no1. The maximum absolute atomic E-state index is 12.4. The molecule has 0 radical (unpaired) electrons. The Morgan fingerprint density at radius 1 is 1.11 bits per heavy atom. The number of ether oxygens (including phenoxy) is 1. The van der Waals surface area contributed by atoms with Crippen LogP contribution < -0.4 is 5.32 Å². The van der Waals surface area contributed by atoms with Gasteiger partial charge in [-0.15, -0.1) is 10.2 Å². The molecule has 138 valence electrons. The van der Waals surface area contributed by atoms with E-state index in [1.807, 2.05) is 30.3 Å². The van der Waals surface area contributed by atoms with Crippen LogP contribution in [0.1, 0.15) is 53.6 Å². The number of hydrogen-bond acceptors (Lipinski definition) is 7. The van der Waals surface area contributed by atoms with Crippen molar-refractivity contribution in [1.29, 1.82) is 0 Å². The predicted octanol–water partition coefficient (Wildman–Crippen LogP) is 2.86. The number of carbonyl (C=O) groups is 1. The molecule has 8 heteroatoms. The van der Waals surface area contributed by atoms with Gasteiger partial charge in [0.2, 0.25) is 17.5 Å². The zero-order valence-corrected chi connectivity index (χ0v) is 14.5. The van der Waals surface area contributed by atoms with Crippen molar-refractivity contribution in [3.8, 4) is 11.3 Å². The molecule has 8 nitrogen and oxygen atoms in total. The van der Waals surface area contributed by atoms with Gasteiger partial charge in [0.1, 0.15) is 11.8 Å². The summed E-state index contributed by atoms with van der Waals surface area (Å²) in [5.74, 6) is 1.30. The van der Waals surface area contributed by atoms with E-state index in [2.05, 4.69) is 20.7 Å². The monoisotopic (exact) mass is 366 g/mol. The minimum atomic E-state index is -0.262. The Labute approximate surface area is 154 Å². The van der Waals surface area contributed by atoms with Crippen molar-refractivity contribution in [1.82, 2.24) is 20.7 Å². The van der Waals surface area contributed by atoms with Crippen molar-refractivity contribution in [2.75, 3.05) is 6.61 Å². The fourth-order valence-corrected chi connectivity index (χ4v) is 3.29. The van der Waals surface area contributed by atoms with Crippen LogP contribution in [0.4, 0.5) is 0 Å². The third-order valence-corrected chi connectivity index (χ3v) is 5.06. The highest BCUT2D eigenvalue weighted by Gasteiger charge is 2.37. The van der Waals surface area contributed by atoms with Gasteiger partial charge >= 0.3 is 0 Å². The van der Waals surface area contributed by atoms with Crippen LogP contribution in [0.15, 0.2) is 45.3 Å². The van der Waals surface area contributed by atoms with Gasteiger partial charge in [-0.2, -0.15) is 0 Å². The lowest BCUT2D eigenvalue weighted by Gasteiger charge is -2.33. The molecule has 2 aromatic heterocycles. The smallest absolute Gasteiger partial charge is 0.290 e. The molecule has 1 N–H and O–H groups in total. The summed E-state index contributed by atoms with van der Waals surface area (Å²) in [7, 11) is 0. The summed E-state index contributed by atoms with van der Waals surface area (Å²) in [5.41, 5.74) is 1.55. The normalized spacial score (nSPS) is 24.1. The van der Waals surface area contributed by atoms with Crippen molar-refractivity contribution in [2.45, 2.75) is 37.3 Å². The van der Waals surface area contributed by atoms with E-state index in [4.69, 9.17) is 13.7 Å². The first kappa shape index (κ1) is 16.2. The van der Waals surface area contributed by atoms with E-state index in [1.54, 1.807) is 6.07 Å². The molecule has 1 atom stereocenters. The van der Waals surface area contributed by atoms with E-state index in [-0.39, 0.29) is 29.7 Å². The number of nitrogens with one attached hydrogen (secondary N) is 1. The van der Waals surface area contributed by atoms with Gasteiger partial charge in [-0.05, 0) is 12.8 Å². The van der Waals surface area contributed by atoms with Gasteiger partial charge < -0.3 is 19.0 Å². The van der Waals surface area contributed by atoms with Crippen LogP contribution in [0, 0.1) is 0 Å². The maximum atomic E-state index is 12.4. The van der Waals surface area contributed by atoms with Gasteiger partial charge in [-0.1, -0.05) is 35.5 Å². The Morgan fingerprint density at radius 3 is 2.63 bits per heavy atom. The lowest BCUT2D eigenvalue weighted by atomic mass is 9.80. The van der Waals surface area contributed by atoms with Crippen molar-refractivity contribution >= 4 is 5.91 Å². The molecule has 0 bridgehead atoms. The summed E-state index contributed by atoms with van der Waals surface area (Å²) < 4.78 is 16.2. The molecular weight excluding hydrogens is 348 g/mol. The molecule has 2 fully saturated rings. The maximum Gasteiger partial charge on any atom is 0.290 e. The fraction of sp³-hybridized carbons (Fsp3) is 0.368. The highest BCUT2D eigenvalue weighted by Crippen LogP contribution is 2.38. The molecule has 27 heavy (non-hydrogen) atoms. The predicted molar refractivity (Wildman–Crippen MR) is 92.8 cm³/mol. The van der Waals surface area contributed by atoms with E-state index in [9.17, 15) is 4.79 Å². The third kappa shape index (κ3) is 3.12. The lowest BCUT2D eigenvalue weighted by molar-refractivity contribution is -0.0684. The highest BCUT2D eigenvalue weighted by molar-refractivity contribution is 5.92. The Morgan fingerprint density at radius 2 is 1.89 bits per heavy atom. The van der Waals surface area contributed by atoms with Gasteiger partial charge in [0.25, 0.3) is 5.91 Å². The number of rotatable bonds is 5. The van der Waals surface area contributed by atoms with Gasteiger partial charge in [0.05, 0.1) is 6.61 Å². The van der Waals surface area contributed by atoms with Crippen molar-refractivity contribution in [3.63, 3.8) is 0 Å². The van der Waals surface area contributed by atoms with E-state index in [0.29, 0.717) is 17.5 Å². The minimum Gasteiger partial charge on any atom is -0.422 e. The van der Waals surface area contributed by atoms with Crippen LogP contribution in [0.25, 0.3) is 11.3 Å². The van der Waals surface area contributed by atoms with E-state index < -0.39 is 0 Å². The second kappa shape index (κ2) is 6.62. The minimum absolute atomic E-state index is 0.0490. The molecule has 0 spiro atoms. The van der Waals surface area contributed by atoms with Crippen molar-refractivity contribution in [3.05, 3.63) is 53.9 Å². The first-order valence-corrected chi connectivity index (χ1v) is 9.04. The number of nitrogens with zero attached hydrogens (tertiary/aromatic N) is 3. The molecule has 1 aliphatic carbocycles. The molecule has 2 aliphatic rings. The molecule has 1 aliphatic heterocycles. The quantitative estimate of drug-likeness (QED) is 0.740. The molecule has 3 heterocycles. The second-order valence-electron chi connectivity index (χ2n) is 6.91. The van der Waals surface area contributed by atoms with Gasteiger partial charge in [-0.25, -0.2) is 0 Å².